The van der Waals surface area contributed by atoms with Gasteiger partial charge in [-0.25, -0.2) is 4.98 Å². The number of nitrogens with one attached hydrogen (secondary N) is 2. The highest BCUT2D eigenvalue weighted by molar-refractivity contribution is 5.92. The van der Waals surface area contributed by atoms with Gasteiger partial charge in [0.2, 0.25) is 11.8 Å². The van der Waals surface area contributed by atoms with Gasteiger partial charge in [0.25, 0.3) is 0 Å². The lowest BCUT2D eigenvalue weighted by Crippen LogP contribution is -2.43. The van der Waals surface area contributed by atoms with Crippen LogP contribution in [0, 0.1) is 5.92 Å². The summed E-state index contributed by atoms with van der Waals surface area (Å²) >= 11 is 0. The molecule has 1 aliphatic heterocycles. The minimum Gasteiger partial charge on any atom is -0.361 e. The molecular formula is C22H24N4O2. The van der Waals surface area contributed by atoms with Crippen LogP contribution in [0.1, 0.15) is 24.8 Å². The molecule has 1 aliphatic rings. The molecule has 2 N–H and O–H groups in total. The number of hydrogen-bond acceptors (Lipinski definition) is 3. The lowest BCUT2D eigenvalue weighted by atomic mass is 9.96. The minimum absolute atomic E-state index is 0.0622. The minimum atomic E-state index is -0.187. The molecule has 0 radical (unpaired) electrons. The highest BCUT2D eigenvalue weighted by Crippen LogP contribution is 2.22. The van der Waals surface area contributed by atoms with E-state index in [4.69, 9.17) is 0 Å². The molecule has 1 saturated heterocycles. The fourth-order valence-corrected chi connectivity index (χ4v) is 3.82. The summed E-state index contributed by atoms with van der Waals surface area (Å²) in [5.41, 5.74) is 2.25. The average molecular weight is 376 g/mol. The number of nitrogens with zero attached hydrogens (tertiary/aromatic N) is 2. The molecule has 2 amide bonds. The Labute approximate surface area is 164 Å². The van der Waals surface area contributed by atoms with Crippen molar-refractivity contribution in [2.24, 2.45) is 5.92 Å². The van der Waals surface area contributed by atoms with Gasteiger partial charge in [0.05, 0.1) is 5.92 Å². The maximum Gasteiger partial charge on any atom is 0.230 e. The molecule has 0 bridgehead atoms. The first-order chi connectivity index (χ1) is 13.7. The SMILES string of the molecule is O=C(Nc1ccccn1)[C@H]1CCCN(C(=O)CCc2c[nH]c3ccccc23)C1. The standard InChI is InChI=1S/C22H24N4O2/c27-21(11-10-16-14-24-19-8-2-1-7-18(16)19)26-13-5-6-17(15-26)22(28)25-20-9-3-4-12-23-20/h1-4,7-9,12,14,17,24H,5-6,10-11,13,15H2,(H,23,25,28)/t17-/m0/s1. The molecule has 0 aliphatic carbocycles. The molecule has 144 valence electrons. The molecule has 1 fully saturated rings. The monoisotopic (exact) mass is 376 g/mol. The lowest BCUT2D eigenvalue weighted by Gasteiger charge is -2.32. The lowest BCUT2D eigenvalue weighted by molar-refractivity contribution is -0.134. The second-order valence-corrected chi connectivity index (χ2v) is 7.24. The van der Waals surface area contributed by atoms with Gasteiger partial charge in [-0.1, -0.05) is 24.3 Å². The Balaban J connectivity index is 1.33. The summed E-state index contributed by atoms with van der Waals surface area (Å²) in [7, 11) is 0. The van der Waals surface area contributed by atoms with Gasteiger partial charge in [-0.05, 0) is 43.0 Å². The predicted molar refractivity (Wildman–Crippen MR) is 109 cm³/mol. The molecule has 1 atom stereocenters. The van der Waals surface area contributed by atoms with E-state index in [0.29, 0.717) is 25.2 Å². The molecular weight excluding hydrogens is 352 g/mol. The summed E-state index contributed by atoms with van der Waals surface area (Å²) < 4.78 is 0. The van der Waals surface area contributed by atoms with E-state index in [1.165, 1.54) is 5.39 Å². The smallest absolute Gasteiger partial charge is 0.230 e. The van der Waals surface area contributed by atoms with E-state index in [0.717, 1.165) is 30.5 Å². The summed E-state index contributed by atoms with van der Waals surface area (Å²) in [6, 6.07) is 13.5. The average Bonchev–Trinajstić information content (AvgIpc) is 3.16. The van der Waals surface area contributed by atoms with E-state index >= 15 is 0 Å². The predicted octanol–water partition coefficient (Wildman–Crippen LogP) is 3.37. The van der Waals surface area contributed by atoms with Crippen LogP contribution in [0.25, 0.3) is 10.9 Å². The number of pyridine rings is 1. The number of anilines is 1. The molecule has 3 aromatic rings. The number of H-pyrrole nitrogens is 1. The Kier molecular flexibility index (Phi) is 5.37. The third kappa shape index (κ3) is 4.06. The fraction of sp³-hybridized carbons (Fsp3) is 0.318. The van der Waals surface area contributed by atoms with Gasteiger partial charge in [0.1, 0.15) is 5.82 Å². The van der Waals surface area contributed by atoms with Crippen molar-refractivity contribution < 1.29 is 9.59 Å². The Morgan fingerprint density at radius 1 is 1.18 bits per heavy atom. The first kappa shape index (κ1) is 18.2. The van der Waals surface area contributed by atoms with Crippen molar-refractivity contribution in [2.75, 3.05) is 18.4 Å². The largest absolute Gasteiger partial charge is 0.361 e. The zero-order valence-electron chi connectivity index (χ0n) is 15.7. The maximum absolute atomic E-state index is 12.7. The number of carbonyl (C=O) groups is 2. The van der Waals surface area contributed by atoms with E-state index < -0.39 is 0 Å². The summed E-state index contributed by atoms with van der Waals surface area (Å²) in [6.45, 7) is 1.20. The van der Waals surface area contributed by atoms with Crippen LogP contribution in [0.2, 0.25) is 0 Å². The number of likely N-dealkylation sites (tertiary alicyclic amines) is 1. The number of piperidine rings is 1. The molecule has 3 heterocycles. The maximum atomic E-state index is 12.7. The van der Waals surface area contributed by atoms with Crippen LogP contribution in [0.5, 0.6) is 0 Å². The van der Waals surface area contributed by atoms with Crippen molar-refractivity contribution in [3.63, 3.8) is 0 Å². The van der Waals surface area contributed by atoms with Crippen LogP contribution in [-0.2, 0) is 16.0 Å². The Hall–Kier alpha value is -3.15. The Morgan fingerprint density at radius 2 is 2.04 bits per heavy atom. The van der Waals surface area contributed by atoms with Crippen molar-refractivity contribution in [1.29, 1.82) is 0 Å². The molecule has 0 spiro atoms. The molecule has 28 heavy (non-hydrogen) atoms. The molecule has 4 rings (SSSR count). The molecule has 1 aromatic carbocycles. The molecule has 6 nitrogen and oxygen atoms in total. The highest BCUT2D eigenvalue weighted by atomic mass is 16.2. The van der Waals surface area contributed by atoms with Gasteiger partial charge >= 0.3 is 0 Å². The van der Waals surface area contributed by atoms with Crippen LogP contribution >= 0.6 is 0 Å². The van der Waals surface area contributed by atoms with E-state index in [9.17, 15) is 9.59 Å². The third-order valence-electron chi connectivity index (χ3n) is 5.34. The second kappa shape index (κ2) is 8.25. The van der Waals surface area contributed by atoms with Crippen LogP contribution in [0.3, 0.4) is 0 Å². The molecule has 6 heteroatoms. The molecule has 0 unspecified atom stereocenters. The number of para-hydroxylation sites is 1. The number of rotatable bonds is 5. The van der Waals surface area contributed by atoms with Gasteiger partial charge in [-0.2, -0.15) is 0 Å². The molecule has 2 aromatic heterocycles. The van der Waals surface area contributed by atoms with Crippen LogP contribution in [0.4, 0.5) is 5.82 Å². The first-order valence-corrected chi connectivity index (χ1v) is 9.75. The van der Waals surface area contributed by atoms with Crippen molar-refractivity contribution in [3.05, 3.63) is 60.4 Å². The van der Waals surface area contributed by atoms with Gasteiger partial charge in [0, 0.05) is 42.8 Å². The first-order valence-electron chi connectivity index (χ1n) is 9.75. The number of aromatic amines is 1. The number of fused-ring (bicyclic) bond motifs is 1. The number of aromatic nitrogens is 2. The third-order valence-corrected chi connectivity index (χ3v) is 5.34. The molecule has 0 saturated carbocycles. The Morgan fingerprint density at radius 3 is 2.89 bits per heavy atom. The topological polar surface area (TPSA) is 78.1 Å². The summed E-state index contributed by atoms with van der Waals surface area (Å²) in [5.74, 6) is 0.413. The van der Waals surface area contributed by atoms with Crippen LogP contribution in [-0.4, -0.2) is 39.8 Å². The summed E-state index contributed by atoms with van der Waals surface area (Å²) in [6.07, 6.45) is 6.43. The van der Waals surface area contributed by atoms with Crippen molar-refractivity contribution in [2.45, 2.75) is 25.7 Å². The summed E-state index contributed by atoms with van der Waals surface area (Å²) in [5, 5.41) is 4.02. The van der Waals surface area contributed by atoms with Crippen LogP contribution in [0.15, 0.2) is 54.9 Å². The zero-order chi connectivity index (χ0) is 19.3. The van der Waals surface area contributed by atoms with Crippen molar-refractivity contribution >= 4 is 28.5 Å². The van der Waals surface area contributed by atoms with Crippen molar-refractivity contribution in [3.8, 4) is 0 Å². The number of aryl methyl sites for hydroxylation is 1. The number of benzene rings is 1. The van der Waals surface area contributed by atoms with E-state index in [1.54, 1.807) is 12.3 Å². The van der Waals surface area contributed by atoms with Gasteiger partial charge < -0.3 is 15.2 Å². The van der Waals surface area contributed by atoms with E-state index in [1.807, 2.05) is 41.4 Å². The quantitative estimate of drug-likeness (QED) is 0.717. The van der Waals surface area contributed by atoms with Gasteiger partial charge in [-0.15, -0.1) is 0 Å². The number of carbonyl (C=O) groups excluding carboxylic acids is 2. The number of hydrogen-bond donors (Lipinski definition) is 2. The zero-order valence-corrected chi connectivity index (χ0v) is 15.7. The van der Waals surface area contributed by atoms with Crippen LogP contribution < -0.4 is 5.32 Å². The number of amides is 2. The van der Waals surface area contributed by atoms with Gasteiger partial charge in [-0.3, -0.25) is 9.59 Å². The van der Waals surface area contributed by atoms with Crippen molar-refractivity contribution in [1.82, 2.24) is 14.9 Å². The highest BCUT2D eigenvalue weighted by Gasteiger charge is 2.28. The van der Waals surface area contributed by atoms with Gasteiger partial charge in [0.15, 0.2) is 0 Å². The second-order valence-electron chi connectivity index (χ2n) is 7.24. The Bertz CT molecular complexity index is 967. The normalized spacial score (nSPS) is 16.9. The van der Waals surface area contributed by atoms with E-state index in [2.05, 4.69) is 21.4 Å². The summed E-state index contributed by atoms with van der Waals surface area (Å²) in [4.78, 5) is 34.5. The fourth-order valence-electron chi connectivity index (χ4n) is 3.82. The van der Waals surface area contributed by atoms with E-state index in [-0.39, 0.29) is 17.7 Å².